The first-order valence-corrected chi connectivity index (χ1v) is 6.76. The molecule has 1 aliphatic carbocycles. The Labute approximate surface area is 126 Å². The van der Waals surface area contributed by atoms with Gasteiger partial charge >= 0.3 is 5.97 Å². The first-order chi connectivity index (χ1) is 10.6. The van der Waals surface area contributed by atoms with Crippen molar-refractivity contribution in [2.24, 2.45) is 4.99 Å². The van der Waals surface area contributed by atoms with Crippen LogP contribution < -0.4 is 10.6 Å². The lowest BCUT2D eigenvalue weighted by Gasteiger charge is -2.22. The predicted molar refractivity (Wildman–Crippen MR) is 82.8 cm³/mol. The van der Waals surface area contributed by atoms with Crippen molar-refractivity contribution in [1.82, 2.24) is 4.98 Å². The summed E-state index contributed by atoms with van der Waals surface area (Å²) in [5.74, 6) is -0.136. The molecule has 1 atom stereocenters. The number of aliphatic carboxylic acids is 1. The third kappa shape index (κ3) is 2.48. The largest absolute Gasteiger partial charge is 0.478 e. The minimum atomic E-state index is -1.05. The van der Waals surface area contributed by atoms with Gasteiger partial charge in [0.25, 0.3) is 0 Å². The van der Waals surface area contributed by atoms with Crippen LogP contribution in [0.2, 0.25) is 0 Å². The summed E-state index contributed by atoms with van der Waals surface area (Å²) >= 11 is 0. The van der Waals surface area contributed by atoms with E-state index >= 15 is 0 Å². The lowest BCUT2D eigenvalue weighted by atomic mass is 9.93. The zero-order valence-corrected chi connectivity index (χ0v) is 11.8. The van der Waals surface area contributed by atoms with Crippen LogP contribution in [0.3, 0.4) is 0 Å². The number of carboxylic acids is 1. The van der Waals surface area contributed by atoms with E-state index in [4.69, 9.17) is 5.11 Å². The second-order valence-electron chi connectivity index (χ2n) is 4.97. The Hall–Kier alpha value is -2.96. The van der Waals surface area contributed by atoms with E-state index in [0.29, 0.717) is 23.8 Å². The molecule has 1 aliphatic heterocycles. The van der Waals surface area contributed by atoms with Crippen LogP contribution >= 0.6 is 0 Å². The van der Waals surface area contributed by atoms with Gasteiger partial charge in [-0.15, -0.1) is 0 Å². The number of hydrogen-bond donors (Lipinski definition) is 3. The molecular formula is C15H14N4O3. The smallest absolute Gasteiger partial charge is 0.335 e. The first-order valence-electron chi connectivity index (χ1n) is 6.76. The molecule has 0 radical (unpaired) electrons. The van der Waals surface area contributed by atoms with Crippen molar-refractivity contribution in [3.63, 3.8) is 0 Å². The topological polar surface area (TPSA) is 104 Å². The van der Waals surface area contributed by atoms with Crippen molar-refractivity contribution in [1.29, 1.82) is 0 Å². The Morgan fingerprint density at radius 2 is 2.23 bits per heavy atom. The third-order valence-electron chi connectivity index (χ3n) is 3.54. The summed E-state index contributed by atoms with van der Waals surface area (Å²) in [5, 5.41) is 15.2. The number of carboxylic acid groups (broad SMARTS) is 1. The number of carbonyl (C=O) groups excluding carboxylic acids is 1. The molecule has 7 heteroatoms. The van der Waals surface area contributed by atoms with Crippen LogP contribution in [0.5, 0.6) is 0 Å². The second-order valence-corrected chi connectivity index (χ2v) is 4.97. The van der Waals surface area contributed by atoms with E-state index in [0.717, 1.165) is 5.69 Å². The average molecular weight is 298 g/mol. The highest BCUT2D eigenvalue weighted by atomic mass is 16.4. The van der Waals surface area contributed by atoms with Crippen molar-refractivity contribution in [2.45, 2.75) is 13.0 Å². The summed E-state index contributed by atoms with van der Waals surface area (Å²) in [4.78, 5) is 31.8. The van der Waals surface area contributed by atoms with Gasteiger partial charge < -0.3 is 15.7 Å². The quantitative estimate of drug-likeness (QED) is 0.782. The molecule has 0 fully saturated rings. The first kappa shape index (κ1) is 14.0. The van der Waals surface area contributed by atoms with Crippen LogP contribution in [0.15, 0.2) is 40.4 Å². The summed E-state index contributed by atoms with van der Waals surface area (Å²) in [6.45, 7) is 2.22. The standard InChI is InChI=1S/C15H14N4O3/c1-8-9(15(21)22)2-4-11(20)13(8)18-12-5-3-10-14(19-12)17-7-6-16-10/h2-6,13H,7H2,1H3,(H,21,22)(H2,17,18,19). The van der Waals surface area contributed by atoms with Gasteiger partial charge in [-0.3, -0.25) is 9.79 Å². The molecule has 0 saturated carbocycles. The Bertz CT molecular complexity index is 749. The maximum atomic E-state index is 12.0. The van der Waals surface area contributed by atoms with Gasteiger partial charge in [0, 0.05) is 6.21 Å². The normalized spacial score (nSPS) is 19.7. The molecule has 2 aliphatic rings. The number of rotatable bonds is 3. The zero-order chi connectivity index (χ0) is 15.7. The summed E-state index contributed by atoms with van der Waals surface area (Å²) in [6, 6.07) is 2.77. The molecule has 112 valence electrons. The summed E-state index contributed by atoms with van der Waals surface area (Å²) < 4.78 is 0. The fourth-order valence-electron chi connectivity index (χ4n) is 2.38. The Morgan fingerprint density at radius 1 is 1.41 bits per heavy atom. The highest BCUT2D eigenvalue weighted by molar-refractivity contribution is 6.05. The molecule has 0 aromatic carbocycles. The molecule has 2 heterocycles. The molecule has 3 N–H and O–H groups in total. The van der Waals surface area contributed by atoms with Gasteiger partial charge in [-0.1, -0.05) is 0 Å². The summed E-state index contributed by atoms with van der Waals surface area (Å²) in [5.41, 5.74) is 1.31. The molecule has 3 rings (SSSR count). The van der Waals surface area contributed by atoms with Crippen LogP contribution in [0.1, 0.15) is 6.92 Å². The second kappa shape index (κ2) is 5.44. The Kier molecular flexibility index (Phi) is 3.46. The molecule has 0 spiro atoms. The van der Waals surface area contributed by atoms with E-state index < -0.39 is 12.0 Å². The zero-order valence-electron chi connectivity index (χ0n) is 11.8. The number of aliphatic imine (C=N–C) groups is 1. The maximum Gasteiger partial charge on any atom is 0.335 e. The number of anilines is 2. The van der Waals surface area contributed by atoms with Crippen LogP contribution in [0.4, 0.5) is 17.3 Å². The molecule has 0 saturated heterocycles. The average Bonchev–Trinajstić information content (AvgIpc) is 2.51. The molecular weight excluding hydrogens is 284 g/mol. The fourth-order valence-corrected chi connectivity index (χ4v) is 2.38. The predicted octanol–water partition coefficient (Wildman–Crippen LogP) is 1.53. The van der Waals surface area contributed by atoms with Gasteiger partial charge in [0.05, 0.1) is 12.1 Å². The molecule has 0 amide bonds. The van der Waals surface area contributed by atoms with E-state index in [2.05, 4.69) is 20.6 Å². The van der Waals surface area contributed by atoms with Gasteiger partial charge in [0.15, 0.2) is 11.6 Å². The number of fused-ring (bicyclic) bond motifs is 1. The van der Waals surface area contributed by atoms with Gasteiger partial charge in [0.2, 0.25) is 0 Å². The number of ketones is 1. The Balaban J connectivity index is 1.89. The monoisotopic (exact) mass is 298 g/mol. The number of nitrogens with zero attached hydrogens (tertiary/aromatic N) is 2. The number of carbonyl (C=O) groups is 2. The fraction of sp³-hybridized carbons (Fsp3) is 0.200. The van der Waals surface area contributed by atoms with E-state index in [1.54, 1.807) is 25.3 Å². The van der Waals surface area contributed by atoms with E-state index in [1.807, 2.05) is 0 Å². The molecule has 1 aromatic rings. The van der Waals surface area contributed by atoms with Crippen molar-refractivity contribution in [2.75, 3.05) is 17.2 Å². The van der Waals surface area contributed by atoms with Crippen molar-refractivity contribution in [3.8, 4) is 0 Å². The van der Waals surface area contributed by atoms with E-state index in [-0.39, 0.29) is 11.4 Å². The van der Waals surface area contributed by atoms with Crippen LogP contribution in [0, 0.1) is 0 Å². The SMILES string of the molecule is CC1=C(C(=O)O)C=CC(=O)C1Nc1ccc2c(n1)NCC=N2. The number of hydrogen-bond acceptors (Lipinski definition) is 6. The summed E-state index contributed by atoms with van der Waals surface area (Å²) in [6.07, 6.45) is 4.35. The number of nitrogens with one attached hydrogen (secondary N) is 2. The lowest BCUT2D eigenvalue weighted by Crippen LogP contribution is -2.33. The number of aromatic nitrogens is 1. The third-order valence-corrected chi connectivity index (χ3v) is 3.54. The molecule has 1 unspecified atom stereocenters. The maximum absolute atomic E-state index is 12.0. The van der Waals surface area contributed by atoms with Gasteiger partial charge in [-0.2, -0.15) is 0 Å². The van der Waals surface area contributed by atoms with E-state index in [9.17, 15) is 9.59 Å². The molecule has 7 nitrogen and oxygen atoms in total. The summed E-state index contributed by atoms with van der Waals surface area (Å²) in [7, 11) is 0. The highest BCUT2D eigenvalue weighted by Gasteiger charge is 2.27. The van der Waals surface area contributed by atoms with Crippen molar-refractivity contribution in [3.05, 3.63) is 35.4 Å². The van der Waals surface area contributed by atoms with E-state index in [1.165, 1.54) is 12.2 Å². The highest BCUT2D eigenvalue weighted by Crippen LogP contribution is 2.27. The minimum Gasteiger partial charge on any atom is -0.478 e. The minimum absolute atomic E-state index is 0.123. The Morgan fingerprint density at radius 3 is 3.00 bits per heavy atom. The van der Waals surface area contributed by atoms with Gasteiger partial charge in [-0.05, 0) is 36.8 Å². The molecule has 1 aromatic heterocycles. The lowest BCUT2D eigenvalue weighted by molar-refractivity contribution is -0.132. The van der Waals surface area contributed by atoms with Crippen LogP contribution in [-0.4, -0.2) is 40.6 Å². The van der Waals surface area contributed by atoms with Gasteiger partial charge in [0.1, 0.15) is 17.5 Å². The molecule has 22 heavy (non-hydrogen) atoms. The van der Waals surface area contributed by atoms with Crippen molar-refractivity contribution >= 4 is 35.3 Å². The van der Waals surface area contributed by atoms with Gasteiger partial charge in [-0.25, -0.2) is 9.78 Å². The molecule has 0 bridgehead atoms. The van der Waals surface area contributed by atoms with Crippen LogP contribution in [0.25, 0.3) is 0 Å². The number of pyridine rings is 1. The van der Waals surface area contributed by atoms with Crippen molar-refractivity contribution < 1.29 is 14.7 Å². The van der Waals surface area contributed by atoms with Crippen LogP contribution in [-0.2, 0) is 9.59 Å².